The summed E-state index contributed by atoms with van der Waals surface area (Å²) in [4.78, 5) is 7.61. The third-order valence-electron chi connectivity index (χ3n) is 1.66. The number of aromatic amines is 1. The van der Waals surface area contributed by atoms with Crippen molar-refractivity contribution in [1.29, 1.82) is 0 Å². The monoisotopic (exact) mass is 140 g/mol. The summed E-state index contributed by atoms with van der Waals surface area (Å²) in [5, 5.41) is 0. The van der Waals surface area contributed by atoms with Gasteiger partial charge in [-0.1, -0.05) is 0 Å². The van der Waals surface area contributed by atoms with Crippen molar-refractivity contribution in [3.05, 3.63) is 23.0 Å². The lowest BCUT2D eigenvalue weighted by Crippen LogP contribution is -2.00. The molecule has 56 valence electrons. The van der Waals surface area contributed by atoms with Gasteiger partial charge in [0.05, 0.1) is 6.61 Å². The van der Waals surface area contributed by atoms with E-state index in [1.807, 2.05) is 20.0 Å². The van der Waals surface area contributed by atoms with E-state index in [1.165, 1.54) is 5.56 Å². The number of hydrogen-bond donors (Lipinski definition) is 2. The quantitative estimate of drug-likeness (QED) is 0.602. The largest absolute Gasteiger partial charge is 0.365 e. The highest BCUT2D eigenvalue weighted by Crippen LogP contribution is 2.11. The molecule has 0 amide bonds. The highest BCUT2D eigenvalue weighted by molar-refractivity contribution is 5.27. The summed E-state index contributed by atoms with van der Waals surface area (Å²) in [6.07, 6.45) is 1.95. The Bertz CT molecular complexity index is 198. The second kappa shape index (κ2) is 2.86. The van der Waals surface area contributed by atoms with E-state index in [2.05, 4.69) is 9.82 Å². The minimum absolute atomic E-state index is 0.487. The van der Waals surface area contributed by atoms with Gasteiger partial charge in [0.1, 0.15) is 0 Å². The standard InChI is InChI=1S/C7H12N2O/c1-5-3-9-6(2)7(5)4-10-8/h3,9H,4,8H2,1-2H3. The molecule has 0 aliphatic rings. The van der Waals surface area contributed by atoms with Crippen LogP contribution in [0.2, 0.25) is 0 Å². The predicted octanol–water partition coefficient (Wildman–Crippen LogP) is 1.02. The summed E-state index contributed by atoms with van der Waals surface area (Å²) in [7, 11) is 0. The fraction of sp³-hybridized carbons (Fsp3) is 0.429. The minimum Gasteiger partial charge on any atom is -0.365 e. The van der Waals surface area contributed by atoms with E-state index in [-0.39, 0.29) is 0 Å². The van der Waals surface area contributed by atoms with Gasteiger partial charge >= 0.3 is 0 Å². The number of rotatable bonds is 2. The molecule has 0 aromatic carbocycles. The molecule has 0 atom stereocenters. The van der Waals surface area contributed by atoms with Crippen LogP contribution in [0.1, 0.15) is 16.8 Å². The molecular weight excluding hydrogens is 128 g/mol. The summed E-state index contributed by atoms with van der Waals surface area (Å²) in [6, 6.07) is 0. The highest BCUT2D eigenvalue weighted by atomic mass is 16.6. The third-order valence-corrected chi connectivity index (χ3v) is 1.66. The van der Waals surface area contributed by atoms with Crippen molar-refractivity contribution in [2.45, 2.75) is 20.5 Å². The van der Waals surface area contributed by atoms with Gasteiger partial charge in [0, 0.05) is 17.5 Å². The third kappa shape index (κ3) is 1.20. The topological polar surface area (TPSA) is 51.0 Å². The van der Waals surface area contributed by atoms with Crippen LogP contribution in [0.3, 0.4) is 0 Å². The second-order valence-electron chi connectivity index (χ2n) is 2.39. The van der Waals surface area contributed by atoms with E-state index in [1.54, 1.807) is 0 Å². The van der Waals surface area contributed by atoms with Gasteiger partial charge in [-0.15, -0.1) is 0 Å². The maximum absolute atomic E-state index is 4.94. The van der Waals surface area contributed by atoms with E-state index >= 15 is 0 Å². The van der Waals surface area contributed by atoms with E-state index in [0.29, 0.717) is 6.61 Å². The molecule has 3 heteroatoms. The molecular formula is C7H12N2O. The first kappa shape index (κ1) is 7.31. The number of H-pyrrole nitrogens is 1. The van der Waals surface area contributed by atoms with Crippen LogP contribution < -0.4 is 5.90 Å². The van der Waals surface area contributed by atoms with Gasteiger partial charge in [0.25, 0.3) is 0 Å². The summed E-state index contributed by atoms with van der Waals surface area (Å²) in [5.74, 6) is 4.94. The zero-order valence-corrected chi connectivity index (χ0v) is 6.27. The number of aromatic nitrogens is 1. The Kier molecular flexibility index (Phi) is 2.09. The summed E-state index contributed by atoms with van der Waals surface area (Å²) < 4.78 is 0. The molecule has 0 saturated heterocycles. The zero-order chi connectivity index (χ0) is 7.56. The lowest BCUT2D eigenvalue weighted by Gasteiger charge is -1.97. The molecule has 1 aromatic rings. The Hall–Kier alpha value is -0.800. The molecule has 0 saturated carbocycles. The van der Waals surface area contributed by atoms with Crippen molar-refractivity contribution < 1.29 is 4.84 Å². The molecule has 1 aromatic heterocycles. The van der Waals surface area contributed by atoms with Gasteiger partial charge in [0.15, 0.2) is 0 Å². The normalized spacial score (nSPS) is 10.3. The van der Waals surface area contributed by atoms with Gasteiger partial charge in [-0.2, -0.15) is 0 Å². The molecule has 3 N–H and O–H groups in total. The average Bonchev–Trinajstić information content (AvgIpc) is 2.20. The Morgan fingerprint density at radius 2 is 2.30 bits per heavy atom. The van der Waals surface area contributed by atoms with Crippen LogP contribution in [0.15, 0.2) is 6.20 Å². The maximum atomic E-state index is 4.94. The Morgan fingerprint density at radius 3 is 2.70 bits per heavy atom. The lowest BCUT2D eigenvalue weighted by molar-refractivity contribution is 0.123. The summed E-state index contributed by atoms with van der Waals surface area (Å²) in [6.45, 7) is 4.51. The first-order chi connectivity index (χ1) is 4.75. The Balaban J connectivity index is 2.87. The highest BCUT2D eigenvalue weighted by Gasteiger charge is 2.02. The van der Waals surface area contributed by atoms with Gasteiger partial charge < -0.3 is 4.98 Å². The summed E-state index contributed by atoms with van der Waals surface area (Å²) >= 11 is 0. The van der Waals surface area contributed by atoms with Crippen LogP contribution in [0.25, 0.3) is 0 Å². The van der Waals surface area contributed by atoms with Crippen LogP contribution in [0.5, 0.6) is 0 Å². The smallest absolute Gasteiger partial charge is 0.0949 e. The number of nitrogens with two attached hydrogens (primary N) is 1. The molecule has 0 radical (unpaired) electrons. The molecule has 0 unspecified atom stereocenters. The van der Waals surface area contributed by atoms with Crippen LogP contribution in [-0.2, 0) is 11.4 Å². The maximum Gasteiger partial charge on any atom is 0.0949 e. The molecule has 1 heterocycles. The SMILES string of the molecule is Cc1c[nH]c(C)c1CON. The minimum atomic E-state index is 0.487. The van der Waals surface area contributed by atoms with Crippen LogP contribution >= 0.6 is 0 Å². The van der Waals surface area contributed by atoms with Gasteiger partial charge in [-0.3, -0.25) is 4.84 Å². The fourth-order valence-corrected chi connectivity index (χ4v) is 0.992. The first-order valence-electron chi connectivity index (χ1n) is 3.21. The molecule has 0 spiro atoms. The van der Waals surface area contributed by atoms with Gasteiger partial charge in [0.2, 0.25) is 0 Å². The Morgan fingerprint density at radius 1 is 1.60 bits per heavy atom. The van der Waals surface area contributed by atoms with Crippen molar-refractivity contribution >= 4 is 0 Å². The van der Waals surface area contributed by atoms with Crippen molar-refractivity contribution in [3.8, 4) is 0 Å². The predicted molar refractivity (Wildman–Crippen MR) is 39.2 cm³/mol. The van der Waals surface area contributed by atoms with Crippen LogP contribution in [-0.4, -0.2) is 4.98 Å². The van der Waals surface area contributed by atoms with Crippen molar-refractivity contribution in [3.63, 3.8) is 0 Å². The molecule has 10 heavy (non-hydrogen) atoms. The number of nitrogens with one attached hydrogen (secondary N) is 1. The van der Waals surface area contributed by atoms with E-state index in [0.717, 1.165) is 11.3 Å². The average molecular weight is 140 g/mol. The van der Waals surface area contributed by atoms with Crippen LogP contribution in [0, 0.1) is 13.8 Å². The molecule has 0 bridgehead atoms. The Labute approximate surface area is 60.1 Å². The summed E-state index contributed by atoms with van der Waals surface area (Å²) in [5.41, 5.74) is 3.48. The van der Waals surface area contributed by atoms with E-state index in [9.17, 15) is 0 Å². The number of hydrogen-bond acceptors (Lipinski definition) is 2. The van der Waals surface area contributed by atoms with Crippen LogP contribution in [0.4, 0.5) is 0 Å². The van der Waals surface area contributed by atoms with E-state index in [4.69, 9.17) is 5.90 Å². The van der Waals surface area contributed by atoms with Gasteiger partial charge in [-0.05, 0) is 19.4 Å². The first-order valence-corrected chi connectivity index (χ1v) is 3.21. The van der Waals surface area contributed by atoms with Crippen molar-refractivity contribution in [1.82, 2.24) is 4.98 Å². The zero-order valence-electron chi connectivity index (χ0n) is 6.27. The second-order valence-corrected chi connectivity index (χ2v) is 2.39. The molecule has 3 nitrogen and oxygen atoms in total. The fourth-order valence-electron chi connectivity index (χ4n) is 0.992. The van der Waals surface area contributed by atoms with Gasteiger partial charge in [-0.25, -0.2) is 5.90 Å². The van der Waals surface area contributed by atoms with E-state index < -0.39 is 0 Å². The number of aryl methyl sites for hydroxylation is 2. The lowest BCUT2D eigenvalue weighted by atomic mass is 10.2. The molecule has 1 rings (SSSR count). The molecule has 0 aliphatic carbocycles. The van der Waals surface area contributed by atoms with Crippen molar-refractivity contribution in [2.75, 3.05) is 0 Å². The molecule has 0 aliphatic heterocycles. The van der Waals surface area contributed by atoms with Crippen molar-refractivity contribution in [2.24, 2.45) is 5.90 Å². The molecule has 0 fully saturated rings.